The number of amides is 2. The summed E-state index contributed by atoms with van der Waals surface area (Å²) >= 11 is 0. The van der Waals surface area contributed by atoms with Gasteiger partial charge in [0.15, 0.2) is 11.5 Å². The van der Waals surface area contributed by atoms with E-state index in [0.29, 0.717) is 5.56 Å². The molecule has 1 heterocycles. The number of halogens is 2. The molecule has 7 nitrogen and oxygen atoms in total. The van der Waals surface area contributed by atoms with Crippen molar-refractivity contribution >= 4 is 12.0 Å². The molecule has 1 aliphatic rings. The first-order valence-electron chi connectivity index (χ1n) is 7.43. The van der Waals surface area contributed by atoms with E-state index in [0.717, 1.165) is 0 Å². The van der Waals surface area contributed by atoms with Gasteiger partial charge in [-0.1, -0.05) is 12.6 Å². The van der Waals surface area contributed by atoms with Crippen LogP contribution in [0.15, 0.2) is 30.5 Å². The molecule has 0 bridgehead atoms. The number of methoxy groups -OCH3 is 1. The second-order valence-corrected chi connectivity index (χ2v) is 5.12. The normalized spacial score (nSPS) is 19.9. The molecule has 1 aromatic rings. The van der Waals surface area contributed by atoms with Gasteiger partial charge in [-0.05, 0) is 24.6 Å². The Morgan fingerprint density at radius 1 is 1.36 bits per heavy atom. The molecule has 1 fully saturated rings. The molecule has 1 aromatic carbocycles. The van der Waals surface area contributed by atoms with Gasteiger partial charge in [-0.3, -0.25) is 4.79 Å². The van der Waals surface area contributed by atoms with Crippen LogP contribution in [0.5, 0.6) is 11.5 Å². The van der Waals surface area contributed by atoms with Crippen LogP contribution in [0, 0.1) is 5.92 Å². The lowest BCUT2D eigenvalue weighted by atomic mass is 9.89. The van der Waals surface area contributed by atoms with Crippen LogP contribution in [0.3, 0.4) is 0 Å². The van der Waals surface area contributed by atoms with Crippen LogP contribution in [0.1, 0.15) is 18.5 Å². The molecule has 0 spiro atoms. The lowest BCUT2D eigenvalue weighted by molar-refractivity contribution is -0.147. The highest BCUT2D eigenvalue weighted by Crippen LogP contribution is 2.36. The minimum Gasteiger partial charge on any atom is -0.493 e. The summed E-state index contributed by atoms with van der Waals surface area (Å²) < 4.78 is 39.3. The second kappa shape index (κ2) is 7.82. The van der Waals surface area contributed by atoms with Gasteiger partial charge < -0.3 is 24.8 Å². The summed E-state index contributed by atoms with van der Waals surface area (Å²) in [6.45, 7) is 2.51. The molecule has 0 aliphatic carbocycles. The number of hydrogen-bond donors (Lipinski definition) is 2. The number of esters is 1. The summed E-state index contributed by atoms with van der Waals surface area (Å²) in [5.74, 6) is -1.58. The highest BCUT2D eigenvalue weighted by Gasteiger charge is 2.39. The van der Waals surface area contributed by atoms with Crippen molar-refractivity contribution < 1.29 is 32.6 Å². The van der Waals surface area contributed by atoms with Crippen molar-refractivity contribution in [2.75, 3.05) is 13.7 Å². The maximum atomic E-state index is 12.4. The third-order valence-corrected chi connectivity index (χ3v) is 3.57. The molecule has 1 aliphatic heterocycles. The Hall–Kier alpha value is -2.84. The van der Waals surface area contributed by atoms with Crippen LogP contribution < -0.4 is 20.1 Å². The molecular weight excluding hydrogens is 338 g/mol. The predicted molar refractivity (Wildman–Crippen MR) is 83.3 cm³/mol. The molecule has 2 amide bonds. The summed E-state index contributed by atoms with van der Waals surface area (Å²) in [6, 6.07) is 2.81. The Balaban J connectivity index is 2.39. The molecule has 2 atom stereocenters. The first-order chi connectivity index (χ1) is 11.9. The van der Waals surface area contributed by atoms with Crippen molar-refractivity contribution in [2.45, 2.75) is 19.6 Å². The van der Waals surface area contributed by atoms with Crippen molar-refractivity contribution in [2.24, 2.45) is 5.92 Å². The van der Waals surface area contributed by atoms with Gasteiger partial charge in [-0.15, -0.1) is 0 Å². The van der Waals surface area contributed by atoms with Crippen molar-refractivity contribution in [3.63, 3.8) is 0 Å². The minimum atomic E-state index is -3.01. The van der Waals surface area contributed by atoms with Crippen molar-refractivity contribution in [3.05, 3.63) is 36.0 Å². The minimum absolute atomic E-state index is 0.0406. The zero-order valence-corrected chi connectivity index (χ0v) is 13.7. The van der Waals surface area contributed by atoms with E-state index in [-0.39, 0.29) is 23.8 Å². The summed E-state index contributed by atoms with van der Waals surface area (Å²) in [4.78, 5) is 24.0. The lowest BCUT2D eigenvalue weighted by Gasteiger charge is -2.33. The van der Waals surface area contributed by atoms with E-state index in [4.69, 9.17) is 9.47 Å². The van der Waals surface area contributed by atoms with E-state index < -0.39 is 30.6 Å². The Morgan fingerprint density at radius 2 is 2.08 bits per heavy atom. The van der Waals surface area contributed by atoms with Gasteiger partial charge in [-0.2, -0.15) is 8.78 Å². The number of carbonyl (C=O) groups is 2. The highest BCUT2D eigenvalue weighted by molar-refractivity contribution is 5.85. The molecule has 9 heteroatoms. The Kier molecular flexibility index (Phi) is 5.79. The number of rotatable bonds is 6. The number of nitrogens with one attached hydrogen (secondary N) is 2. The standard InChI is InChI=1S/C16H18F2N2O5/c1-4-24-14(21)12-8(2)19-16(22)20-13(12)9-5-6-10(25-15(17)18)11(7-9)23-3/h5-7,12-13,15H,2,4H2,1,3H3,(H2,19,20,22)/t12-,13+/m0/s1. The summed E-state index contributed by atoms with van der Waals surface area (Å²) in [5.41, 5.74) is 0.631. The number of benzene rings is 1. The van der Waals surface area contributed by atoms with E-state index in [9.17, 15) is 18.4 Å². The maximum Gasteiger partial charge on any atom is 0.387 e. The molecule has 0 radical (unpaired) electrons. The Bertz CT molecular complexity index is 680. The van der Waals surface area contributed by atoms with Crippen LogP contribution in [-0.4, -0.2) is 32.3 Å². The fourth-order valence-corrected chi connectivity index (χ4v) is 2.54. The SMILES string of the molecule is C=C1NC(=O)N[C@H](c2ccc(OC(F)F)c(OC)c2)[C@H]1C(=O)OCC. The average molecular weight is 356 g/mol. The first-order valence-corrected chi connectivity index (χ1v) is 7.43. The lowest BCUT2D eigenvalue weighted by Crippen LogP contribution is -2.51. The summed E-state index contributed by atoms with van der Waals surface area (Å²) in [6.07, 6.45) is 0. The fraction of sp³-hybridized carbons (Fsp3) is 0.375. The van der Waals surface area contributed by atoms with E-state index >= 15 is 0 Å². The fourth-order valence-electron chi connectivity index (χ4n) is 2.54. The maximum absolute atomic E-state index is 12.4. The average Bonchev–Trinajstić information content (AvgIpc) is 2.54. The molecular formula is C16H18F2N2O5. The Morgan fingerprint density at radius 3 is 2.68 bits per heavy atom. The highest BCUT2D eigenvalue weighted by atomic mass is 19.3. The van der Waals surface area contributed by atoms with Crippen LogP contribution in [0.4, 0.5) is 13.6 Å². The topological polar surface area (TPSA) is 85.9 Å². The number of ether oxygens (including phenoxy) is 3. The van der Waals surface area contributed by atoms with Gasteiger partial charge in [0.1, 0.15) is 5.92 Å². The third-order valence-electron chi connectivity index (χ3n) is 3.57. The quantitative estimate of drug-likeness (QED) is 0.764. The van der Waals surface area contributed by atoms with Crippen molar-refractivity contribution in [3.8, 4) is 11.5 Å². The molecule has 0 aromatic heterocycles. The molecule has 1 saturated heterocycles. The molecule has 25 heavy (non-hydrogen) atoms. The smallest absolute Gasteiger partial charge is 0.387 e. The third kappa shape index (κ3) is 4.17. The largest absolute Gasteiger partial charge is 0.493 e. The molecule has 0 saturated carbocycles. The van der Waals surface area contributed by atoms with Crippen molar-refractivity contribution in [1.82, 2.24) is 10.6 Å². The molecule has 2 N–H and O–H groups in total. The van der Waals surface area contributed by atoms with Crippen LogP contribution in [0.2, 0.25) is 0 Å². The van der Waals surface area contributed by atoms with Gasteiger partial charge in [0, 0.05) is 5.70 Å². The van der Waals surface area contributed by atoms with E-state index in [1.807, 2.05) is 0 Å². The van der Waals surface area contributed by atoms with Gasteiger partial charge in [0.05, 0.1) is 19.8 Å². The van der Waals surface area contributed by atoms with Crippen molar-refractivity contribution in [1.29, 1.82) is 0 Å². The zero-order valence-electron chi connectivity index (χ0n) is 13.7. The monoisotopic (exact) mass is 356 g/mol. The van der Waals surface area contributed by atoms with Gasteiger partial charge >= 0.3 is 18.6 Å². The van der Waals surface area contributed by atoms with Crippen LogP contribution >= 0.6 is 0 Å². The molecule has 136 valence electrons. The number of urea groups is 1. The van der Waals surface area contributed by atoms with E-state index in [1.54, 1.807) is 6.92 Å². The summed E-state index contributed by atoms with van der Waals surface area (Å²) in [7, 11) is 1.29. The van der Waals surface area contributed by atoms with Crippen LogP contribution in [-0.2, 0) is 9.53 Å². The molecule has 2 rings (SSSR count). The summed E-state index contributed by atoms with van der Waals surface area (Å²) in [5, 5.41) is 5.04. The predicted octanol–water partition coefficient (Wildman–Crippen LogP) is 2.34. The Labute approximate surface area is 142 Å². The number of alkyl halides is 2. The van der Waals surface area contributed by atoms with E-state index in [1.165, 1.54) is 25.3 Å². The first kappa shape index (κ1) is 18.5. The van der Waals surface area contributed by atoms with Crippen LogP contribution in [0.25, 0.3) is 0 Å². The number of hydrogen-bond acceptors (Lipinski definition) is 5. The van der Waals surface area contributed by atoms with E-state index in [2.05, 4.69) is 21.9 Å². The van der Waals surface area contributed by atoms with Gasteiger partial charge in [-0.25, -0.2) is 4.79 Å². The van der Waals surface area contributed by atoms with Gasteiger partial charge in [0.25, 0.3) is 0 Å². The van der Waals surface area contributed by atoms with Gasteiger partial charge in [0.2, 0.25) is 0 Å². The zero-order chi connectivity index (χ0) is 18.6. The molecule has 0 unspecified atom stereocenters. The second-order valence-electron chi connectivity index (χ2n) is 5.12. The number of carbonyl (C=O) groups excluding carboxylic acids is 2.